The Morgan fingerprint density at radius 1 is 1.08 bits per heavy atom. The smallest absolute Gasteiger partial charge is 0.183 e. The summed E-state index contributed by atoms with van der Waals surface area (Å²) in [5, 5.41) is 7.41. The highest BCUT2D eigenvalue weighted by Gasteiger charge is 2.14. The van der Waals surface area contributed by atoms with Gasteiger partial charge in [0, 0.05) is 35.1 Å². The molecule has 0 fully saturated rings. The van der Waals surface area contributed by atoms with E-state index in [0.29, 0.717) is 11.5 Å². The summed E-state index contributed by atoms with van der Waals surface area (Å²) >= 11 is 1.60. The number of benzene rings is 2. The van der Waals surface area contributed by atoms with Crippen LogP contribution in [0.2, 0.25) is 0 Å². The molecule has 26 heavy (non-hydrogen) atoms. The maximum atomic E-state index is 5.43. The number of aromatic amines is 1. The largest absolute Gasteiger partial charge is 0.493 e. The van der Waals surface area contributed by atoms with E-state index in [0.717, 1.165) is 33.8 Å². The van der Waals surface area contributed by atoms with E-state index in [4.69, 9.17) is 14.5 Å². The van der Waals surface area contributed by atoms with Crippen molar-refractivity contribution >= 4 is 27.4 Å². The lowest BCUT2D eigenvalue weighted by atomic mass is 10.1. The number of nitrogens with one attached hydrogen (secondary N) is 2. The van der Waals surface area contributed by atoms with Crippen molar-refractivity contribution in [3.63, 3.8) is 0 Å². The van der Waals surface area contributed by atoms with Crippen molar-refractivity contribution < 1.29 is 9.47 Å². The van der Waals surface area contributed by atoms with Crippen LogP contribution in [-0.4, -0.2) is 24.2 Å². The van der Waals surface area contributed by atoms with Gasteiger partial charge in [-0.2, -0.15) is 0 Å². The maximum Gasteiger partial charge on any atom is 0.183 e. The van der Waals surface area contributed by atoms with Gasteiger partial charge in [-0.1, -0.05) is 30.3 Å². The number of aromatic nitrogens is 2. The van der Waals surface area contributed by atoms with Gasteiger partial charge in [0.2, 0.25) is 0 Å². The minimum Gasteiger partial charge on any atom is -0.493 e. The topological polar surface area (TPSA) is 59.2 Å². The van der Waals surface area contributed by atoms with E-state index < -0.39 is 0 Å². The zero-order valence-electron chi connectivity index (χ0n) is 14.6. The molecule has 0 spiro atoms. The summed E-state index contributed by atoms with van der Waals surface area (Å²) in [6, 6.07) is 14.2. The number of rotatable bonds is 6. The van der Waals surface area contributed by atoms with Gasteiger partial charge in [-0.3, -0.25) is 0 Å². The molecule has 6 heteroatoms. The summed E-state index contributed by atoms with van der Waals surface area (Å²) in [7, 11) is 3.28. The van der Waals surface area contributed by atoms with Crippen LogP contribution in [0.15, 0.2) is 54.0 Å². The first-order chi connectivity index (χ1) is 12.8. The SMILES string of the molecule is COc1cc2[nH]cc(-c3csc(NCc4ccccc4)n3)c2cc1OC. The zero-order valence-corrected chi connectivity index (χ0v) is 15.4. The summed E-state index contributed by atoms with van der Waals surface area (Å²) in [5.74, 6) is 1.41. The third-order valence-electron chi connectivity index (χ3n) is 4.25. The van der Waals surface area contributed by atoms with Crippen LogP contribution in [0.1, 0.15) is 5.56 Å². The monoisotopic (exact) mass is 365 g/mol. The number of thiazole rings is 1. The Balaban J connectivity index is 1.61. The number of methoxy groups -OCH3 is 2. The molecule has 0 aliphatic rings. The summed E-state index contributed by atoms with van der Waals surface area (Å²) in [6.45, 7) is 0.757. The quantitative estimate of drug-likeness (QED) is 0.509. The molecule has 0 unspecified atom stereocenters. The van der Waals surface area contributed by atoms with Crippen LogP contribution in [0.25, 0.3) is 22.2 Å². The Labute approximate surface area is 155 Å². The van der Waals surface area contributed by atoms with Crippen LogP contribution in [0.5, 0.6) is 11.5 Å². The highest BCUT2D eigenvalue weighted by Crippen LogP contribution is 2.37. The molecule has 0 amide bonds. The molecule has 132 valence electrons. The average Bonchev–Trinajstić information content (AvgIpc) is 3.32. The molecular formula is C20H19N3O2S. The third-order valence-corrected chi connectivity index (χ3v) is 5.05. The first-order valence-corrected chi connectivity index (χ1v) is 9.13. The van der Waals surface area contributed by atoms with E-state index in [1.165, 1.54) is 5.56 Å². The number of ether oxygens (including phenoxy) is 2. The van der Waals surface area contributed by atoms with E-state index in [-0.39, 0.29) is 0 Å². The van der Waals surface area contributed by atoms with Crippen molar-refractivity contribution in [1.29, 1.82) is 0 Å². The van der Waals surface area contributed by atoms with Gasteiger partial charge in [-0.05, 0) is 11.6 Å². The number of H-pyrrole nitrogens is 1. The van der Waals surface area contributed by atoms with Crippen LogP contribution >= 0.6 is 11.3 Å². The second-order valence-corrected chi connectivity index (χ2v) is 6.69. The van der Waals surface area contributed by atoms with E-state index in [1.807, 2.05) is 36.5 Å². The van der Waals surface area contributed by atoms with Gasteiger partial charge in [-0.15, -0.1) is 11.3 Å². The first kappa shape index (κ1) is 16.5. The molecule has 0 radical (unpaired) electrons. The molecule has 0 saturated carbocycles. The highest BCUT2D eigenvalue weighted by molar-refractivity contribution is 7.14. The molecule has 0 bridgehead atoms. The molecule has 5 nitrogen and oxygen atoms in total. The Morgan fingerprint density at radius 2 is 1.85 bits per heavy atom. The number of anilines is 1. The van der Waals surface area contributed by atoms with Crippen LogP contribution in [-0.2, 0) is 6.54 Å². The van der Waals surface area contributed by atoms with Crippen LogP contribution in [0, 0.1) is 0 Å². The molecule has 0 aliphatic carbocycles. The Bertz CT molecular complexity index is 1020. The Morgan fingerprint density at radius 3 is 2.62 bits per heavy atom. The van der Waals surface area contributed by atoms with E-state index >= 15 is 0 Å². The summed E-state index contributed by atoms with van der Waals surface area (Å²) in [6.07, 6.45) is 1.97. The summed E-state index contributed by atoms with van der Waals surface area (Å²) in [5.41, 5.74) is 4.20. The molecule has 2 aromatic carbocycles. The Hall–Kier alpha value is -2.99. The lowest BCUT2D eigenvalue weighted by Gasteiger charge is -2.07. The fraction of sp³-hybridized carbons (Fsp3) is 0.150. The fourth-order valence-electron chi connectivity index (χ4n) is 2.91. The molecule has 4 aromatic rings. The third kappa shape index (κ3) is 3.11. The predicted molar refractivity (Wildman–Crippen MR) is 106 cm³/mol. The van der Waals surface area contributed by atoms with Crippen molar-refractivity contribution in [2.45, 2.75) is 6.54 Å². The first-order valence-electron chi connectivity index (χ1n) is 8.25. The number of nitrogens with zero attached hydrogens (tertiary/aromatic N) is 1. The minimum atomic E-state index is 0.705. The molecule has 2 heterocycles. The molecule has 0 saturated heterocycles. The van der Waals surface area contributed by atoms with E-state index in [2.05, 4.69) is 27.8 Å². The summed E-state index contributed by atoms with van der Waals surface area (Å²) < 4.78 is 10.8. The Kier molecular flexibility index (Phi) is 4.50. The molecule has 0 atom stereocenters. The van der Waals surface area contributed by atoms with Crippen molar-refractivity contribution in [2.75, 3.05) is 19.5 Å². The van der Waals surface area contributed by atoms with E-state index in [1.54, 1.807) is 25.6 Å². The average molecular weight is 365 g/mol. The number of hydrogen-bond acceptors (Lipinski definition) is 5. The molecular weight excluding hydrogens is 346 g/mol. The summed E-state index contributed by atoms with van der Waals surface area (Å²) in [4.78, 5) is 8.02. The van der Waals surface area contributed by atoms with Crippen molar-refractivity contribution in [3.05, 3.63) is 59.6 Å². The van der Waals surface area contributed by atoms with Gasteiger partial charge in [-0.25, -0.2) is 4.98 Å². The second kappa shape index (κ2) is 7.09. The standard InChI is InChI=1S/C20H19N3O2S/c1-24-18-8-14-15(11-21-16(14)9-19(18)25-2)17-12-26-20(23-17)22-10-13-6-4-3-5-7-13/h3-9,11-12,21H,10H2,1-2H3,(H,22,23). The highest BCUT2D eigenvalue weighted by atomic mass is 32.1. The fourth-order valence-corrected chi connectivity index (χ4v) is 3.62. The number of hydrogen-bond donors (Lipinski definition) is 2. The van der Waals surface area contributed by atoms with Crippen LogP contribution in [0.3, 0.4) is 0 Å². The van der Waals surface area contributed by atoms with E-state index in [9.17, 15) is 0 Å². The molecule has 2 N–H and O–H groups in total. The van der Waals surface area contributed by atoms with Gasteiger partial charge in [0.15, 0.2) is 16.6 Å². The van der Waals surface area contributed by atoms with Crippen molar-refractivity contribution in [3.8, 4) is 22.8 Å². The van der Waals surface area contributed by atoms with Gasteiger partial charge < -0.3 is 19.8 Å². The molecule has 2 aromatic heterocycles. The zero-order chi connectivity index (χ0) is 17.9. The van der Waals surface area contributed by atoms with Crippen LogP contribution in [0.4, 0.5) is 5.13 Å². The van der Waals surface area contributed by atoms with Gasteiger partial charge in [0.25, 0.3) is 0 Å². The van der Waals surface area contributed by atoms with Crippen molar-refractivity contribution in [1.82, 2.24) is 9.97 Å². The van der Waals surface area contributed by atoms with Crippen molar-refractivity contribution in [2.24, 2.45) is 0 Å². The van der Waals surface area contributed by atoms with Crippen LogP contribution < -0.4 is 14.8 Å². The van der Waals surface area contributed by atoms with Gasteiger partial charge in [0.05, 0.1) is 25.4 Å². The predicted octanol–water partition coefficient (Wildman–Crippen LogP) is 4.92. The normalized spacial score (nSPS) is 10.8. The van der Waals surface area contributed by atoms with Gasteiger partial charge in [0.1, 0.15) is 0 Å². The second-order valence-electron chi connectivity index (χ2n) is 5.83. The number of fused-ring (bicyclic) bond motifs is 1. The maximum absolute atomic E-state index is 5.43. The molecule has 4 rings (SSSR count). The minimum absolute atomic E-state index is 0.705. The lowest BCUT2D eigenvalue weighted by molar-refractivity contribution is 0.356. The van der Waals surface area contributed by atoms with Gasteiger partial charge >= 0.3 is 0 Å². The lowest BCUT2D eigenvalue weighted by Crippen LogP contribution is -1.98. The molecule has 0 aliphatic heterocycles.